The van der Waals surface area contributed by atoms with Crippen molar-refractivity contribution in [1.29, 1.82) is 0 Å². The van der Waals surface area contributed by atoms with Crippen LogP contribution in [-0.2, 0) is 0 Å². The highest BCUT2D eigenvalue weighted by atomic mass is 35.5. The van der Waals surface area contributed by atoms with Crippen LogP contribution in [0.25, 0.3) is 0 Å². The summed E-state index contributed by atoms with van der Waals surface area (Å²) >= 11 is 7.08. The number of hydrogen-bond donors (Lipinski definition) is 1. The molecule has 0 aliphatic carbocycles. The molecule has 0 unspecified atom stereocenters. The van der Waals surface area contributed by atoms with Crippen molar-refractivity contribution in [3.8, 4) is 10.8 Å². The van der Waals surface area contributed by atoms with Crippen LogP contribution < -0.4 is 10.1 Å². The van der Waals surface area contributed by atoms with E-state index < -0.39 is 0 Å². The Morgan fingerprint density at radius 2 is 2.16 bits per heavy atom. The maximum atomic E-state index is 12.1. The molecule has 3 rings (SSSR count). The van der Waals surface area contributed by atoms with Crippen molar-refractivity contribution in [3.63, 3.8) is 0 Å². The monoisotopic (exact) mass is 293 g/mol. The second-order valence-electron chi connectivity index (χ2n) is 4.06. The number of rotatable bonds is 1. The summed E-state index contributed by atoms with van der Waals surface area (Å²) in [6, 6.07) is 6.46. The SMILES string of the molecule is CC(=O)c1cc2c(s1)Oc1ccc(Cl)cc1C(=O)N2. The lowest BCUT2D eigenvalue weighted by molar-refractivity contribution is 0.101. The Labute approximate surface area is 118 Å². The second kappa shape index (κ2) is 4.36. The molecule has 0 spiro atoms. The number of benzene rings is 1. The van der Waals surface area contributed by atoms with Gasteiger partial charge in [0.25, 0.3) is 5.91 Å². The molecule has 1 amide bonds. The average molecular weight is 294 g/mol. The Bertz CT molecular complexity index is 708. The van der Waals surface area contributed by atoms with Gasteiger partial charge in [-0.3, -0.25) is 9.59 Å². The predicted molar refractivity (Wildman–Crippen MR) is 73.8 cm³/mol. The minimum Gasteiger partial charge on any atom is -0.444 e. The Morgan fingerprint density at radius 3 is 2.89 bits per heavy atom. The third-order valence-electron chi connectivity index (χ3n) is 2.68. The van der Waals surface area contributed by atoms with E-state index in [9.17, 15) is 9.59 Å². The normalized spacial score (nSPS) is 12.8. The molecule has 96 valence electrons. The summed E-state index contributed by atoms with van der Waals surface area (Å²) < 4.78 is 5.68. The topological polar surface area (TPSA) is 55.4 Å². The molecular formula is C13H8ClNO3S. The molecule has 0 saturated heterocycles. The van der Waals surface area contributed by atoms with Crippen molar-refractivity contribution in [3.05, 3.63) is 39.7 Å². The number of ketones is 1. The zero-order valence-electron chi connectivity index (χ0n) is 9.82. The van der Waals surface area contributed by atoms with Gasteiger partial charge in [-0.05, 0) is 31.2 Å². The van der Waals surface area contributed by atoms with Gasteiger partial charge in [0.1, 0.15) is 5.75 Å². The Morgan fingerprint density at radius 1 is 1.37 bits per heavy atom. The number of nitrogens with one attached hydrogen (secondary N) is 1. The lowest BCUT2D eigenvalue weighted by atomic mass is 10.2. The molecule has 0 bridgehead atoms. The fourth-order valence-electron chi connectivity index (χ4n) is 1.77. The van der Waals surface area contributed by atoms with E-state index >= 15 is 0 Å². The predicted octanol–water partition coefficient (Wildman–Crippen LogP) is 3.96. The van der Waals surface area contributed by atoms with Gasteiger partial charge in [0.05, 0.1) is 16.1 Å². The Balaban J connectivity index is 2.11. The summed E-state index contributed by atoms with van der Waals surface area (Å²) in [5.41, 5.74) is 0.882. The maximum absolute atomic E-state index is 12.1. The number of thiophene rings is 1. The lowest BCUT2D eigenvalue weighted by Gasteiger charge is -2.04. The molecule has 1 aromatic carbocycles. The van der Waals surface area contributed by atoms with Crippen LogP contribution in [0.2, 0.25) is 5.02 Å². The minimum atomic E-state index is -0.302. The van der Waals surface area contributed by atoms with Gasteiger partial charge in [-0.25, -0.2) is 0 Å². The van der Waals surface area contributed by atoms with Crippen LogP contribution in [0, 0.1) is 0 Å². The first kappa shape index (κ1) is 12.2. The van der Waals surface area contributed by atoms with Crippen molar-refractivity contribution in [2.45, 2.75) is 6.92 Å². The smallest absolute Gasteiger partial charge is 0.259 e. The van der Waals surface area contributed by atoms with Gasteiger partial charge in [0.2, 0.25) is 5.06 Å². The van der Waals surface area contributed by atoms with E-state index in [2.05, 4.69) is 5.32 Å². The Kier molecular flexibility index (Phi) is 2.80. The summed E-state index contributed by atoms with van der Waals surface area (Å²) in [6.45, 7) is 1.47. The van der Waals surface area contributed by atoms with Gasteiger partial charge in [0, 0.05) is 5.02 Å². The molecular weight excluding hydrogens is 286 g/mol. The second-order valence-corrected chi connectivity index (χ2v) is 5.52. The number of halogens is 1. The molecule has 19 heavy (non-hydrogen) atoms. The minimum absolute atomic E-state index is 0.0627. The molecule has 0 atom stereocenters. The molecule has 6 heteroatoms. The third kappa shape index (κ3) is 2.11. The number of hydrogen-bond acceptors (Lipinski definition) is 4. The fraction of sp³-hybridized carbons (Fsp3) is 0.0769. The molecule has 0 radical (unpaired) electrons. The number of Topliss-reactive ketones (excluding diaryl/α,β-unsaturated/α-hetero) is 1. The van der Waals surface area contributed by atoms with Crippen molar-refractivity contribution >= 4 is 40.3 Å². The molecule has 1 N–H and O–H groups in total. The first-order chi connectivity index (χ1) is 9.04. The van der Waals surface area contributed by atoms with Crippen LogP contribution in [0.5, 0.6) is 10.8 Å². The number of ether oxygens (including phenoxy) is 1. The summed E-state index contributed by atoms with van der Waals surface area (Å²) in [5, 5.41) is 3.68. The van der Waals surface area contributed by atoms with E-state index in [0.29, 0.717) is 32.0 Å². The van der Waals surface area contributed by atoms with E-state index in [1.807, 2.05) is 0 Å². The van der Waals surface area contributed by atoms with E-state index in [1.165, 1.54) is 18.3 Å². The van der Waals surface area contributed by atoms with Crippen LogP contribution in [0.4, 0.5) is 5.69 Å². The van der Waals surface area contributed by atoms with Gasteiger partial charge in [0.15, 0.2) is 5.78 Å². The number of carbonyl (C=O) groups is 2. The van der Waals surface area contributed by atoms with Gasteiger partial charge >= 0.3 is 0 Å². The standard InChI is InChI=1S/C13H8ClNO3S/c1-6(16)11-5-9-13(19-11)18-10-3-2-7(14)4-8(10)12(17)15-9/h2-5H,1H3,(H,15,17). The molecule has 2 heterocycles. The van der Waals surface area contributed by atoms with Crippen molar-refractivity contribution in [2.75, 3.05) is 5.32 Å². The zero-order valence-corrected chi connectivity index (χ0v) is 11.4. The highest BCUT2D eigenvalue weighted by molar-refractivity contribution is 7.16. The van der Waals surface area contributed by atoms with Crippen LogP contribution in [0.3, 0.4) is 0 Å². The van der Waals surface area contributed by atoms with Gasteiger partial charge in [-0.15, -0.1) is 0 Å². The number of carbonyl (C=O) groups excluding carboxylic acids is 2. The van der Waals surface area contributed by atoms with E-state index in [4.69, 9.17) is 16.3 Å². The van der Waals surface area contributed by atoms with E-state index in [-0.39, 0.29) is 11.7 Å². The molecule has 2 aromatic rings. The van der Waals surface area contributed by atoms with Gasteiger partial charge in [-0.2, -0.15) is 0 Å². The van der Waals surface area contributed by atoms with E-state index in [1.54, 1.807) is 24.3 Å². The molecule has 1 aliphatic rings. The van der Waals surface area contributed by atoms with E-state index in [0.717, 1.165) is 0 Å². The van der Waals surface area contributed by atoms with Crippen LogP contribution in [-0.4, -0.2) is 11.7 Å². The van der Waals surface area contributed by atoms with Crippen molar-refractivity contribution in [1.82, 2.24) is 0 Å². The molecule has 0 fully saturated rings. The summed E-state index contributed by atoms with van der Waals surface area (Å²) in [7, 11) is 0. The van der Waals surface area contributed by atoms with Gasteiger partial charge < -0.3 is 10.1 Å². The van der Waals surface area contributed by atoms with Crippen LogP contribution >= 0.6 is 22.9 Å². The largest absolute Gasteiger partial charge is 0.444 e. The van der Waals surface area contributed by atoms with Crippen LogP contribution in [0.1, 0.15) is 27.0 Å². The maximum Gasteiger partial charge on any atom is 0.259 e. The lowest BCUT2D eigenvalue weighted by Crippen LogP contribution is -2.10. The quantitative estimate of drug-likeness (QED) is 0.810. The summed E-state index contributed by atoms with van der Waals surface area (Å²) in [5.74, 6) is 0.0639. The number of anilines is 1. The third-order valence-corrected chi connectivity index (χ3v) is 4.03. The molecule has 1 aromatic heterocycles. The highest BCUT2D eigenvalue weighted by Gasteiger charge is 2.24. The number of amides is 1. The van der Waals surface area contributed by atoms with Crippen LogP contribution in [0.15, 0.2) is 24.3 Å². The fourth-order valence-corrected chi connectivity index (χ4v) is 2.81. The summed E-state index contributed by atoms with van der Waals surface area (Å²) in [4.78, 5) is 24.0. The van der Waals surface area contributed by atoms with Gasteiger partial charge in [-0.1, -0.05) is 22.9 Å². The molecule has 0 saturated carbocycles. The first-order valence-corrected chi connectivity index (χ1v) is 6.67. The average Bonchev–Trinajstić information content (AvgIpc) is 2.69. The zero-order chi connectivity index (χ0) is 13.6. The highest BCUT2D eigenvalue weighted by Crippen LogP contribution is 2.42. The Hall–Kier alpha value is -1.85. The number of fused-ring (bicyclic) bond motifs is 2. The first-order valence-electron chi connectivity index (χ1n) is 5.48. The summed E-state index contributed by atoms with van der Waals surface area (Å²) in [6.07, 6.45) is 0. The molecule has 4 nitrogen and oxygen atoms in total. The molecule has 1 aliphatic heterocycles. The van der Waals surface area contributed by atoms with Crippen molar-refractivity contribution < 1.29 is 14.3 Å². The van der Waals surface area contributed by atoms with Crippen molar-refractivity contribution in [2.24, 2.45) is 0 Å².